The summed E-state index contributed by atoms with van der Waals surface area (Å²) >= 11 is 0. The number of aryl methyl sites for hydroxylation is 2. The summed E-state index contributed by atoms with van der Waals surface area (Å²) in [6.07, 6.45) is 9.18. The number of carbonyl (C=O) groups excluding carboxylic acids is 2. The zero-order chi connectivity index (χ0) is 15.7. The van der Waals surface area contributed by atoms with E-state index in [1.807, 2.05) is 35.0 Å². The molecule has 3 rings (SSSR count). The molecule has 1 unspecified atom stereocenters. The summed E-state index contributed by atoms with van der Waals surface area (Å²) < 4.78 is 3.48. The van der Waals surface area contributed by atoms with Crippen LogP contribution >= 0.6 is 0 Å². The van der Waals surface area contributed by atoms with Gasteiger partial charge < -0.3 is 9.47 Å². The van der Waals surface area contributed by atoms with E-state index < -0.39 is 0 Å². The largest absolute Gasteiger partial charge is 0.356 e. The minimum atomic E-state index is -0.0135. The Bertz CT molecular complexity index is 701. The predicted molar refractivity (Wildman–Crippen MR) is 81.6 cm³/mol. The molecule has 2 aromatic rings. The molecule has 1 aliphatic rings. The van der Waals surface area contributed by atoms with Gasteiger partial charge >= 0.3 is 0 Å². The van der Waals surface area contributed by atoms with Crippen LogP contribution in [-0.2, 0) is 14.1 Å². The van der Waals surface area contributed by atoms with Gasteiger partial charge in [-0.15, -0.1) is 0 Å². The Morgan fingerprint density at radius 3 is 2.73 bits per heavy atom. The third kappa shape index (κ3) is 2.81. The second kappa shape index (κ2) is 5.79. The summed E-state index contributed by atoms with van der Waals surface area (Å²) in [5, 5.41) is 4.03. The lowest BCUT2D eigenvalue weighted by Gasteiger charge is -2.23. The van der Waals surface area contributed by atoms with Crippen molar-refractivity contribution in [2.75, 3.05) is 6.54 Å². The van der Waals surface area contributed by atoms with Crippen LogP contribution in [0.5, 0.6) is 0 Å². The molecule has 0 aliphatic carbocycles. The summed E-state index contributed by atoms with van der Waals surface area (Å²) in [7, 11) is 3.68. The molecule has 0 radical (unpaired) electrons. The van der Waals surface area contributed by atoms with Crippen molar-refractivity contribution in [1.29, 1.82) is 0 Å². The third-order valence-corrected chi connectivity index (χ3v) is 4.16. The van der Waals surface area contributed by atoms with E-state index in [0.29, 0.717) is 17.5 Å². The average Bonchev–Trinajstić information content (AvgIpc) is 3.19. The van der Waals surface area contributed by atoms with E-state index in [1.165, 1.54) is 0 Å². The predicted octanol–water partition coefficient (Wildman–Crippen LogP) is 1.64. The summed E-state index contributed by atoms with van der Waals surface area (Å²) in [6.45, 7) is 0.721. The van der Waals surface area contributed by atoms with Gasteiger partial charge in [0, 0.05) is 51.7 Å². The second-order valence-electron chi connectivity index (χ2n) is 5.89. The summed E-state index contributed by atoms with van der Waals surface area (Å²) in [6, 6.07) is 1.81. The van der Waals surface area contributed by atoms with E-state index in [4.69, 9.17) is 0 Å². The first kappa shape index (κ1) is 14.6. The van der Waals surface area contributed by atoms with E-state index >= 15 is 0 Å². The molecular formula is C16H20N4O2. The normalized spacial score (nSPS) is 17.9. The molecule has 2 aromatic heterocycles. The SMILES string of the molecule is Cn1ccc(C(=O)N2CCCC2CC(=O)c2cnn(C)c2)c1. The van der Waals surface area contributed by atoms with Crippen molar-refractivity contribution in [3.8, 4) is 0 Å². The second-order valence-corrected chi connectivity index (χ2v) is 5.89. The van der Waals surface area contributed by atoms with Crippen LogP contribution in [0.25, 0.3) is 0 Å². The van der Waals surface area contributed by atoms with Crippen molar-refractivity contribution in [2.24, 2.45) is 14.1 Å². The van der Waals surface area contributed by atoms with Crippen LogP contribution in [0.1, 0.15) is 40.0 Å². The molecule has 6 nitrogen and oxygen atoms in total. The monoisotopic (exact) mass is 300 g/mol. The van der Waals surface area contributed by atoms with E-state index in [-0.39, 0.29) is 17.7 Å². The maximum Gasteiger partial charge on any atom is 0.255 e. The van der Waals surface area contributed by atoms with Crippen molar-refractivity contribution in [3.05, 3.63) is 42.0 Å². The van der Waals surface area contributed by atoms with Crippen LogP contribution in [0.4, 0.5) is 0 Å². The first-order valence-electron chi connectivity index (χ1n) is 7.49. The van der Waals surface area contributed by atoms with Crippen molar-refractivity contribution >= 4 is 11.7 Å². The molecule has 3 heterocycles. The Labute approximate surface area is 129 Å². The molecule has 1 saturated heterocycles. The van der Waals surface area contributed by atoms with Crippen LogP contribution in [0, 0.1) is 0 Å². The number of hydrogen-bond donors (Lipinski definition) is 0. The van der Waals surface area contributed by atoms with Gasteiger partial charge in [0.15, 0.2) is 5.78 Å². The topological polar surface area (TPSA) is 60.1 Å². The number of amides is 1. The lowest BCUT2D eigenvalue weighted by molar-refractivity contribution is 0.0717. The highest BCUT2D eigenvalue weighted by Crippen LogP contribution is 2.24. The Morgan fingerprint density at radius 1 is 1.27 bits per heavy atom. The van der Waals surface area contributed by atoms with Crippen LogP contribution in [-0.4, -0.2) is 43.5 Å². The van der Waals surface area contributed by atoms with E-state index in [2.05, 4.69) is 5.10 Å². The van der Waals surface area contributed by atoms with Crippen molar-refractivity contribution in [2.45, 2.75) is 25.3 Å². The Balaban J connectivity index is 1.70. The lowest BCUT2D eigenvalue weighted by atomic mass is 10.0. The molecule has 6 heteroatoms. The number of hydrogen-bond acceptors (Lipinski definition) is 3. The fourth-order valence-corrected chi connectivity index (χ4v) is 3.01. The van der Waals surface area contributed by atoms with Gasteiger partial charge in [0.05, 0.1) is 17.3 Å². The van der Waals surface area contributed by atoms with Crippen LogP contribution in [0.3, 0.4) is 0 Å². The third-order valence-electron chi connectivity index (χ3n) is 4.16. The first-order chi connectivity index (χ1) is 10.5. The quantitative estimate of drug-likeness (QED) is 0.806. The van der Waals surface area contributed by atoms with Gasteiger partial charge in [-0.05, 0) is 18.9 Å². The number of nitrogens with zero attached hydrogens (tertiary/aromatic N) is 4. The standard InChI is InChI=1S/C16H20N4O2/c1-18-7-5-12(10-18)16(22)20-6-3-4-14(20)8-15(21)13-9-17-19(2)11-13/h5,7,9-11,14H,3-4,6,8H2,1-2H3. The van der Waals surface area contributed by atoms with Crippen molar-refractivity contribution in [3.63, 3.8) is 0 Å². The number of ketones is 1. The molecule has 0 saturated carbocycles. The van der Waals surface area contributed by atoms with E-state index in [9.17, 15) is 9.59 Å². The summed E-state index contributed by atoms with van der Waals surface area (Å²) in [5.41, 5.74) is 1.30. The van der Waals surface area contributed by atoms with Gasteiger partial charge in [-0.2, -0.15) is 5.10 Å². The zero-order valence-corrected chi connectivity index (χ0v) is 12.9. The number of likely N-dealkylation sites (tertiary alicyclic amines) is 1. The maximum absolute atomic E-state index is 12.6. The number of carbonyl (C=O) groups is 2. The smallest absolute Gasteiger partial charge is 0.255 e. The highest BCUT2D eigenvalue weighted by atomic mass is 16.2. The zero-order valence-electron chi connectivity index (χ0n) is 12.9. The molecule has 1 amide bonds. The van der Waals surface area contributed by atoms with E-state index in [0.717, 1.165) is 19.4 Å². The van der Waals surface area contributed by atoms with Crippen LogP contribution < -0.4 is 0 Å². The molecule has 0 aromatic carbocycles. The molecule has 22 heavy (non-hydrogen) atoms. The molecule has 0 N–H and O–H groups in total. The van der Waals surface area contributed by atoms with Gasteiger partial charge in [0.1, 0.15) is 0 Å². The van der Waals surface area contributed by atoms with Gasteiger partial charge in [-0.25, -0.2) is 0 Å². The molecule has 0 spiro atoms. The first-order valence-corrected chi connectivity index (χ1v) is 7.49. The lowest BCUT2D eigenvalue weighted by Crippen LogP contribution is -2.36. The average molecular weight is 300 g/mol. The molecule has 1 fully saturated rings. The van der Waals surface area contributed by atoms with Crippen LogP contribution in [0.15, 0.2) is 30.9 Å². The maximum atomic E-state index is 12.6. The number of aromatic nitrogens is 3. The summed E-state index contributed by atoms with van der Waals surface area (Å²) in [5.74, 6) is 0.0629. The van der Waals surface area contributed by atoms with Gasteiger partial charge in [0.2, 0.25) is 0 Å². The minimum absolute atomic E-state index is 0.0135. The number of Topliss-reactive ketones (excluding diaryl/α,β-unsaturated/α-hetero) is 1. The minimum Gasteiger partial charge on any atom is -0.356 e. The van der Waals surface area contributed by atoms with E-state index in [1.54, 1.807) is 24.1 Å². The fraction of sp³-hybridized carbons (Fsp3) is 0.438. The Hall–Kier alpha value is -2.37. The molecule has 116 valence electrons. The summed E-state index contributed by atoms with van der Waals surface area (Å²) in [4.78, 5) is 26.7. The van der Waals surface area contributed by atoms with Gasteiger partial charge in [-0.3, -0.25) is 14.3 Å². The molecule has 1 atom stereocenters. The molecule has 0 bridgehead atoms. The number of rotatable bonds is 4. The Kier molecular flexibility index (Phi) is 3.83. The molecule has 1 aliphatic heterocycles. The van der Waals surface area contributed by atoms with Crippen LogP contribution in [0.2, 0.25) is 0 Å². The van der Waals surface area contributed by atoms with Gasteiger partial charge in [0.25, 0.3) is 5.91 Å². The van der Waals surface area contributed by atoms with Crippen molar-refractivity contribution in [1.82, 2.24) is 19.2 Å². The molecular weight excluding hydrogens is 280 g/mol. The van der Waals surface area contributed by atoms with Gasteiger partial charge in [-0.1, -0.05) is 0 Å². The van der Waals surface area contributed by atoms with Crippen molar-refractivity contribution < 1.29 is 9.59 Å². The Morgan fingerprint density at radius 2 is 2.09 bits per heavy atom. The highest BCUT2D eigenvalue weighted by Gasteiger charge is 2.31. The fourth-order valence-electron chi connectivity index (χ4n) is 3.01. The highest BCUT2D eigenvalue weighted by molar-refractivity contribution is 5.98.